The van der Waals surface area contributed by atoms with Crippen molar-refractivity contribution in [3.8, 4) is 0 Å². The molecular weight excluding hydrogens is 374 g/mol. The lowest BCUT2D eigenvalue weighted by molar-refractivity contribution is -0.111. The summed E-state index contributed by atoms with van der Waals surface area (Å²) in [5.74, 6) is 0.263. The number of halogens is 1. The van der Waals surface area contributed by atoms with Gasteiger partial charge in [-0.15, -0.1) is 11.3 Å². The van der Waals surface area contributed by atoms with Crippen LogP contribution < -0.4 is 5.32 Å². The Morgan fingerprint density at radius 2 is 2.00 bits per heavy atom. The van der Waals surface area contributed by atoms with Gasteiger partial charge in [0.25, 0.3) is 5.91 Å². The van der Waals surface area contributed by atoms with E-state index in [2.05, 4.69) is 31.2 Å². The highest BCUT2D eigenvalue weighted by molar-refractivity contribution is 9.10. The average molecular weight is 386 g/mol. The van der Waals surface area contributed by atoms with Gasteiger partial charge in [0.15, 0.2) is 0 Å². The van der Waals surface area contributed by atoms with Crippen molar-refractivity contribution in [3.05, 3.63) is 75.3 Å². The number of nitrogens with zero attached hydrogens (tertiary/aromatic N) is 2. The molecule has 6 heteroatoms. The number of hydrogen-bond acceptors (Lipinski definition) is 4. The van der Waals surface area contributed by atoms with E-state index >= 15 is 0 Å². The highest BCUT2D eigenvalue weighted by Gasteiger charge is 2.13. The summed E-state index contributed by atoms with van der Waals surface area (Å²) in [6, 6.07) is 13.2. The lowest BCUT2D eigenvalue weighted by Gasteiger charge is -2.09. The zero-order chi connectivity index (χ0) is 16.1. The summed E-state index contributed by atoms with van der Waals surface area (Å²) in [6.45, 7) is 0. The van der Waals surface area contributed by atoms with Crippen molar-refractivity contribution in [2.45, 2.75) is 0 Å². The number of rotatable bonds is 4. The Balaban J connectivity index is 1.95. The monoisotopic (exact) mass is 385 g/mol. The van der Waals surface area contributed by atoms with Gasteiger partial charge in [0, 0.05) is 21.1 Å². The molecule has 4 nitrogen and oxygen atoms in total. The Hall–Kier alpha value is -2.31. The van der Waals surface area contributed by atoms with Gasteiger partial charge in [-0.2, -0.15) is 0 Å². The molecular formula is C17H12BrN3OS. The third-order valence-corrected chi connectivity index (χ3v) is 4.40. The molecule has 0 saturated carbocycles. The minimum absolute atomic E-state index is 0.209. The SMILES string of the molecule is O=C(Nc1ccncn1)/C(=C/c1cccs1)c1ccc(Br)cc1. The van der Waals surface area contributed by atoms with Gasteiger partial charge in [0.05, 0.1) is 0 Å². The molecule has 114 valence electrons. The van der Waals surface area contributed by atoms with E-state index in [1.54, 1.807) is 23.6 Å². The smallest absolute Gasteiger partial charge is 0.257 e. The largest absolute Gasteiger partial charge is 0.306 e. The topological polar surface area (TPSA) is 54.9 Å². The maximum atomic E-state index is 12.7. The molecule has 0 aliphatic heterocycles. The number of aromatic nitrogens is 2. The number of carbonyl (C=O) groups excluding carboxylic acids is 1. The second-order valence-electron chi connectivity index (χ2n) is 4.63. The zero-order valence-corrected chi connectivity index (χ0v) is 14.3. The van der Waals surface area contributed by atoms with E-state index < -0.39 is 0 Å². The molecule has 0 unspecified atom stereocenters. The van der Waals surface area contributed by atoms with Gasteiger partial charge in [-0.3, -0.25) is 4.79 Å². The van der Waals surface area contributed by atoms with Gasteiger partial charge in [0.2, 0.25) is 0 Å². The summed E-state index contributed by atoms with van der Waals surface area (Å²) in [7, 11) is 0. The predicted octanol–water partition coefficient (Wildman–Crippen LogP) is 4.48. The molecule has 0 aliphatic rings. The normalized spacial score (nSPS) is 11.3. The fraction of sp³-hybridized carbons (Fsp3) is 0. The van der Waals surface area contributed by atoms with Gasteiger partial charge in [-0.05, 0) is 41.3 Å². The van der Waals surface area contributed by atoms with Gasteiger partial charge in [0.1, 0.15) is 12.1 Å². The summed E-state index contributed by atoms with van der Waals surface area (Å²) in [6.07, 6.45) is 4.87. The molecule has 1 amide bonds. The first-order valence-corrected chi connectivity index (χ1v) is 8.48. The molecule has 0 spiro atoms. The standard InChI is InChI=1S/C17H12BrN3OS/c18-13-5-3-12(4-6-13)15(10-14-2-1-9-23-14)17(22)21-16-7-8-19-11-20-16/h1-11H,(H,19,20,21,22)/b15-10+. The number of amides is 1. The Kier molecular flexibility index (Phi) is 4.95. The minimum atomic E-state index is -0.209. The quantitative estimate of drug-likeness (QED) is 0.673. The maximum absolute atomic E-state index is 12.7. The molecule has 3 rings (SSSR count). The molecule has 23 heavy (non-hydrogen) atoms. The van der Waals surface area contributed by atoms with Crippen LogP contribution in [0.3, 0.4) is 0 Å². The molecule has 0 aliphatic carbocycles. The summed E-state index contributed by atoms with van der Waals surface area (Å²) < 4.78 is 0.966. The predicted molar refractivity (Wildman–Crippen MR) is 97.0 cm³/mol. The first-order valence-electron chi connectivity index (χ1n) is 6.81. The highest BCUT2D eigenvalue weighted by Crippen LogP contribution is 2.24. The molecule has 0 atom stereocenters. The summed E-state index contributed by atoms with van der Waals surface area (Å²) in [5.41, 5.74) is 1.42. The van der Waals surface area contributed by atoms with E-state index in [-0.39, 0.29) is 5.91 Å². The molecule has 0 bridgehead atoms. The van der Waals surface area contributed by atoms with Crippen molar-refractivity contribution < 1.29 is 4.79 Å². The first-order chi connectivity index (χ1) is 11.2. The number of carbonyl (C=O) groups is 1. The number of anilines is 1. The molecule has 2 heterocycles. The third kappa shape index (κ3) is 4.12. The van der Waals surface area contributed by atoms with Gasteiger partial charge >= 0.3 is 0 Å². The third-order valence-electron chi connectivity index (χ3n) is 3.05. The van der Waals surface area contributed by atoms with E-state index in [4.69, 9.17) is 0 Å². The molecule has 1 N–H and O–H groups in total. The average Bonchev–Trinajstić information content (AvgIpc) is 3.08. The van der Waals surface area contributed by atoms with Crippen LogP contribution in [0, 0.1) is 0 Å². The lowest BCUT2D eigenvalue weighted by Crippen LogP contribution is -2.14. The van der Waals surface area contributed by atoms with E-state index in [9.17, 15) is 4.79 Å². The van der Waals surface area contributed by atoms with Crippen LogP contribution in [-0.4, -0.2) is 15.9 Å². The molecule has 1 aromatic carbocycles. The van der Waals surface area contributed by atoms with Crippen molar-refractivity contribution in [3.63, 3.8) is 0 Å². The number of nitrogens with one attached hydrogen (secondary N) is 1. The van der Waals surface area contributed by atoms with Gasteiger partial charge in [-0.25, -0.2) is 9.97 Å². The first kappa shape index (κ1) is 15.6. The zero-order valence-electron chi connectivity index (χ0n) is 11.9. The van der Waals surface area contributed by atoms with Crippen molar-refractivity contribution in [2.24, 2.45) is 0 Å². The Morgan fingerprint density at radius 1 is 1.17 bits per heavy atom. The van der Waals surface area contributed by atoms with E-state index in [1.807, 2.05) is 47.9 Å². The second kappa shape index (κ2) is 7.30. The van der Waals surface area contributed by atoms with Crippen LogP contribution >= 0.6 is 27.3 Å². The van der Waals surface area contributed by atoms with Crippen molar-refractivity contribution in [2.75, 3.05) is 5.32 Å². The Labute approximate surface area is 146 Å². The van der Waals surface area contributed by atoms with Crippen LogP contribution in [-0.2, 0) is 4.79 Å². The molecule has 0 radical (unpaired) electrons. The van der Waals surface area contributed by atoms with Gasteiger partial charge in [-0.1, -0.05) is 34.1 Å². The fourth-order valence-corrected chi connectivity index (χ4v) is 2.89. The van der Waals surface area contributed by atoms with E-state index in [0.717, 1.165) is 14.9 Å². The number of benzene rings is 1. The van der Waals surface area contributed by atoms with Crippen LogP contribution in [0.5, 0.6) is 0 Å². The summed E-state index contributed by atoms with van der Waals surface area (Å²) in [5, 5.41) is 4.78. The number of hydrogen-bond donors (Lipinski definition) is 1. The maximum Gasteiger partial charge on any atom is 0.257 e. The van der Waals surface area contributed by atoms with Crippen LogP contribution in [0.25, 0.3) is 11.6 Å². The van der Waals surface area contributed by atoms with Crippen molar-refractivity contribution >= 4 is 50.6 Å². The molecule has 0 saturated heterocycles. The molecule has 2 aromatic heterocycles. The lowest BCUT2D eigenvalue weighted by atomic mass is 10.0. The highest BCUT2D eigenvalue weighted by atomic mass is 79.9. The Bertz CT molecular complexity index is 815. The fourth-order valence-electron chi connectivity index (χ4n) is 1.97. The van der Waals surface area contributed by atoms with Gasteiger partial charge < -0.3 is 5.32 Å². The minimum Gasteiger partial charge on any atom is -0.306 e. The Morgan fingerprint density at radius 3 is 2.65 bits per heavy atom. The van der Waals surface area contributed by atoms with E-state index in [1.165, 1.54) is 6.33 Å². The molecule has 3 aromatic rings. The summed E-state index contributed by atoms with van der Waals surface area (Å²) in [4.78, 5) is 21.6. The number of thiophene rings is 1. The second-order valence-corrected chi connectivity index (χ2v) is 6.52. The van der Waals surface area contributed by atoms with Crippen LogP contribution in [0.4, 0.5) is 5.82 Å². The van der Waals surface area contributed by atoms with Crippen molar-refractivity contribution in [1.29, 1.82) is 0 Å². The van der Waals surface area contributed by atoms with E-state index in [0.29, 0.717) is 11.4 Å². The van der Waals surface area contributed by atoms with Crippen LogP contribution in [0.1, 0.15) is 10.4 Å². The van der Waals surface area contributed by atoms with Crippen molar-refractivity contribution in [1.82, 2.24) is 9.97 Å². The molecule has 0 fully saturated rings. The van der Waals surface area contributed by atoms with Crippen LogP contribution in [0.2, 0.25) is 0 Å². The summed E-state index contributed by atoms with van der Waals surface area (Å²) >= 11 is 4.99. The van der Waals surface area contributed by atoms with Crippen LogP contribution in [0.15, 0.2) is 64.8 Å².